The number of fused-ring (bicyclic) bond motifs is 1. The van der Waals surface area contributed by atoms with Gasteiger partial charge in [-0.05, 0) is 30.0 Å². The van der Waals surface area contributed by atoms with Gasteiger partial charge in [0.25, 0.3) is 5.69 Å². The fourth-order valence-corrected chi connectivity index (χ4v) is 2.60. The Hall–Kier alpha value is -2.74. The van der Waals surface area contributed by atoms with Gasteiger partial charge in [-0.15, -0.1) is 11.3 Å². The van der Waals surface area contributed by atoms with Crippen molar-refractivity contribution in [1.29, 1.82) is 0 Å². The van der Waals surface area contributed by atoms with Gasteiger partial charge in [-0.3, -0.25) is 10.1 Å². The number of rotatable bonds is 3. The predicted molar refractivity (Wildman–Crippen MR) is 79.7 cm³/mol. The van der Waals surface area contributed by atoms with E-state index < -0.39 is 4.92 Å². The topological polar surface area (TPSA) is 104 Å². The molecule has 0 saturated carbocycles. The molecule has 0 aliphatic rings. The maximum atomic E-state index is 10.8. The maximum Gasteiger partial charge on any atom is 0.273 e. The van der Waals surface area contributed by atoms with Gasteiger partial charge in [-0.1, -0.05) is 0 Å². The van der Waals surface area contributed by atoms with Crippen LogP contribution >= 0.6 is 11.3 Å². The number of thiophene rings is 1. The Morgan fingerprint density at radius 1 is 1.33 bits per heavy atom. The Bertz CT molecular complexity index is 847. The van der Waals surface area contributed by atoms with Crippen LogP contribution in [0, 0.1) is 17.0 Å². The summed E-state index contributed by atoms with van der Waals surface area (Å²) < 4.78 is 5.72. The highest BCUT2D eigenvalue weighted by Gasteiger charge is 2.14. The first-order valence-corrected chi connectivity index (χ1v) is 6.86. The molecule has 0 radical (unpaired) electrons. The van der Waals surface area contributed by atoms with E-state index in [0.717, 1.165) is 10.9 Å². The van der Waals surface area contributed by atoms with Crippen LogP contribution in [-0.4, -0.2) is 14.9 Å². The molecule has 2 heterocycles. The molecule has 0 aliphatic carbocycles. The molecule has 3 aromatic rings. The zero-order chi connectivity index (χ0) is 15.0. The number of nitro benzene ring substituents is 1. The van der Waals surface area contributed by atoms with Gasteiger partial charge in [-0.25, -0.2) is 4.98 Å². The second-order valence-corrected chi connectivity index (χ2v) is 5.23. The third-order valence-corrected chi connectivity index (χ3v) is 3.70. The number of anilines is 1. The highest BCUT2D eigenvalue weighted by molar-refractivity contribution is 7.16. The lowest BCUT2D eigenvalue weighted by Gasteiger charge is -2.08. The van der Waals surface area contributed by atoms with E-state index in [9.17, 15) is 10.1 Å². The standard InChI is InChI=1S/C13H10N4O3S/c1-7-2-3-8(17(18)19)6-10(7)20-11-9-4-5-21-12(9)16-13(14)15-11/h2-6H,1H3,(H2,14,15,16). The highest BCUT2D eigenvalue weighted by Crippen LogP contribution is 2.33. The molecule has 0 saturated heterocycles. The summed E-state index contributed by atoms with van der Waals surface area (Å²) in [5, 5.41) is 13.4. The van der Waals surface area contributed by atoms with Crippen molar-refractivity contribution in [2.24, 2.45) is 0 Å². The molecular formula is C13H10N4O3S. The first-order valence-electron chi connectivity index (χ1n) is 5.98. The van der Waals surface area contributed by atoms with E-state index in [1.54, 1.807) is 13.0 Å². The van der Waals surface area contributed by atoms with Gasteiger partial charge in [-0.2, -0.15) is 4.98 Å². The summed E-state index contributed by atoms with van der Waals surface area (Å²) in [6.07, 6.45) is 0. The first kappa shape index (κ1) is 13.3. The lowest BCUT2D eigenvalue weighted by molar-refractivity contribution is -0.384. The zero-order valence-corrected chi connectivity index (χ0v) is 11.8. The van der Waals surface area contributed by atoms with E-state index in [1.165, 1.54) is 23.5 Å². The summed E-state index contributed by atoms with van der Waals surface area (Å²) in [7, 11) is 0. The van der Waals surface area contributed by atoms with E-state index in [1.807, 2.05) is 11.4 Å². The second kappa shape index (κ2) is 4.98. The number of ether oxygens (including phenoxy) is 1. The average Bonchev–Trinajstić information content (AvgIpc) is 2.89. The quantitative estimate of drug-likeness (QED) is 0.588. The molecule has 0 aliphatic heterocycles. The van der Waals surface area contributed by atoms with E-state index >= 15 is 0 Å². The van der Waals surface area contributed by atoms with Gasteiger partial charge in [0.05, 0.1) is 16.4 Å². The smallest absolute Gasteiger partial charge is 0.273 e. The largest absolute Gasteiger partial charge is 0.438 e. The molecule has 0 atom stereocenters. The Morgan fingerprint density at radius 2 is 2.14 bits per heavy atom. The molecule has 3 rings (SSSR count). The van der Waals surface area contributed by atoms with Crippen LogP contribution in [0.15, 0.2) is 29.6 Å². The highest BCUT2D eigenvalue weighted by atomic mass is 32.1. The van der Waals surface area contributed by atoms with Gasteiger partial charge >= 0.3 is 0 Å². The Morgan fingerprint density at radius 3 is 2.90 bits per heavy atom. The molecule has 0 amide bonds. The van der Waals surface area contributed by atoms with Crippen molar-refractivity contribution in [3.63, 3.8) is 0 Å². The van der Waals surface area contributed by atoms with Crippen LogP contribution in [0.4, 0.5) is 11.6 Å². The first-order chi connectivity index (χ1) is 10.0. The van der Waals surface area contributed by atoms with Crippen LogP contribution < -0.4 is 10.5 Å². The Kier molecular flexibility index (Phi) is 3.15. The molecule has 0 spiro atoms. The summed E-state index contributed by atoms with van der Waals surface area (Å²) in [6.45, 7) is 1.80. The van der Waals surface area contributed by atoms with E-state index in [2.05, 4.69) is 9.97 Å². The van der Waals surface area contributed by atoms with Crippen LogP contribution in [-0.2, 0) is 0 Å². The summed E-state index contributed by atoms with van der Waals surface area (Å²) in [5.41, 5.74) is 6.37. The van der Waals surface area contributed by atoms with Crippen molar-refractivity contribution >= 4 is 33.2 Å². The zero-order valence-electron chi connectivity index (χ0n) is 10.9. The van der Waals surface area contributed by atoms with Crippen LogP contribution in [0.25, 0.3) is 10.2 Å². The number of hydrogen-bond acceptors (Lipinski definition) is 7. The fraction of sp³-hybridized carbons (Fsp3) is 0.0769. The molecular weight excluding hydrogens is 292 g/mol. The molecule has 8 heteroatoms. The van der Waals surface area contributed by atoms with Gasteiger partial charge in [0, 0.05) is 6.07 Å². The van der Waals surface area contributed by atoms with Crippen LogP contribution in [0.5, 0.6) is 11.6 Å². The second-order valence-electron chi connectivity index (χ2n) is 4.34. The third-order valence-electron chi connectivity index (χ3n) is 2.90. The minimum atomic E-state index is -0.471. The van der Waals surface area contributed by atoms with Crippen molar-refractivity contribution in [2.45, 2.75) is 6.92 Å². The fourth-order valence-electron chi connectivity index (χ4n) is 1.84. The van der Waals surface area contributed by atoms with E-state index in [4.69, 9.17) is 10.5 Å². The van der Waals surface area contributed by atoms with Crippen molar-refractivity contribution in [3.8, 4) is 11.6 Å². The number of nitrogens with two attached hydrogens (primary N) is 1. The van der Waals surface area contributed by atoms with Gasteiger partial charge < -0.3 is 10.5 Å². The molecule has 7 nitrogen and oxygen atoms in total. The molecule has 2 N–H and O–H groups in total. The molecule has 0 unspecified atom stereocenters. The number of nitrogens with zero attached hydrogens (tertiary/aromatic N) is 3. The number of non-ortho nitro benzene ring substituents is 1. The van der Waals surface area contributed by atoms with Gasteiger partial charge in [0.1, 0.15) is 10.6 Å². The number of hydrogen-bond donors (Lipinski definition) is 1. The van der Waals surface area contributed by atoms with Crippen molar-refractivity contribution < 1.29 is 9.66 Å². The van der Waals surface area contributed by atoms with E-state index in [0.29, 0.717) is 16.5 Å². The lowest BCUT2D eigenvalue weighted by Crippen LogP contribution is -1.98. The van der Waals surface area contributed by atoms with Crippen LogP contribution in [0.1, 0.15) is 5.56 Å². The predicted octanol–water partition coefficient (Wildman–Crippen LogP) is 3.28. The van der Waals surface area contributed by atoms with Crippen molar-refractivity contribution in [1.82, 2.24) is 9.97 Å². The van der Waals surface area contributed by atoms with Gasteiger partial charge in [0.2, 0.25) is 11.8 Å². The monoisotopic (exact) mass is 302 g/mol. The van der Waals surface area contributed by atoms with Crippen molar-refractivity contribution in [3.05, 3.63) is 45.3 Å². The van der Waals surface area contributed by atoms with Crippen LogP contribution in [0.2, 0.25) is 0 Å². The molecule has 0 fully saturated rings. The summed E-state index contributed by atoms with van der Waals surface area (Å²) in [6, 6.07) is 6.24. The maximum absolute atomic E-state index is 10.8. The average molecular weight is 302 g/mol. The van der Waals surface area contributed by atoms with Gasteiger partial charge in [0.15, 0.2) is 0 Å². The summed E-state index contributed by atoms with van der Waals surface area (Å²) in [5.74, 6) is 0.764. The number of nitrogen functional groups attached to an aromatic ring is 1. The summed E-state index contributed by atoms with van der Waals surface area (Å²) in [4.78, 5) is 19.3. The Balaban J connectivity index is 2.08. The number of aromatic nitrogens is 2. The van der Waals surface area contributed by atoms with Crippen molar-refractivity contribution in [2.75, 3.05) is 5.73 Å². The molecule has 21 heavy (non-hydrogen) atoms. The minimum Gasteiger partial charge on any atom is -0.438 e. The lowest BCUT2D eigenvalue weighted by atomic mass is 10.2. The normalized spacial score (nSPS) is 10.7. The minimum absolute atomic E-state index is 0.0424. The molecule has 0 bridgehead atoms. The molecule has 1 aromatic carbocycles. The van der Waals surface area contributed by atoms with Crippen LogP contribution in [0.3, 0.4) is 0 Å². The molecule has 2 aromatic heterocycles. The molecule has 106 valence electrons. The number of nitro groups is 1. The Labute approximate surface area is 123 Å². The number of aryl methyl sites for hydroxylation is 1. The number of benzene rings is 1. The van der Waals surface area contributed by atoms with E-state index in [-0.39, 0.29) is 11.6 Å². The summed E-state index contributed by atoms with van der Waals surface area (Å²) >= 11 is 1.42. The SMILES string of the molecule is Cc1ccc([N+](=O)[O-])cc1Oc1nc(N)nc2sccc12. The third kappa shape index (κ3) is 2.48.